The molecule has 2 aromatic carbocycles. The van der Waals surface area contributed by atoms with Gasteiger partial charge in [-0.25, -0.2) is 9.59 Å². The Balaban J connectivity index is 0.000000241. The maximum absolute atomic E-state index is 13.2. The van der Waals surface area contributed by atoms with Crippen molar-refractivity contribution in [1.82, 2.24) is 0 Å². The lowest BCUT2D eigenvalue weighted by Gasteiger charge is -2.23. The molecule has 10 atom stereocenters. The van der Waals surface area contributed by atoms with Crippen LogP contribution < -0.4 is 15.2 Å². The second-order valence-corrected chi connectivity index (χ2v) is 18.1. The zero-order chi connectivity index (χ0) is 46.9. The van der Waals surface area contributed by atoms with Gasteiger partial charge in [-0.1, -0.05) is 81.5 Å². The summed E-state index contributed by atoms with van der Waals surface area (Å²) in [6.07, 6.45) is 12.5. The van der Waals surface area contributed by atoms with Gasteiger partial charge in [-0.3, -0.25) is 0 Å². The Morgan fingerprint density at radius 1 is 0.641 bits per heavy atom. The number of hydrogen-bond acceptors (Lipinski definition) is 13. The lowest BCUT2D eigenvalue weighted by Crippen LogP contribution is -2.34. The molecule has 13 heteroatoms. The molecule has 0 amide bonds. The van der Waals surface area contributed by atoms with Crippen molar-refractivity contribution in [1.29, 1.82) is 0 Å². The van der Waals surface area contributed by atoms with Gasteiger partial charge in [0.1, 0.15) is 54.7 Å². The van der Waals surface area contributed by atoms with E-state index in [-0.39, 0.29) is 36.1 Å². The number of ether oxygens (including phenoxy) is 8. The number of fused-ring (bicyclic) bond motifs is 4. The first-order valence-electron chi connectivity index (χ1n) is 22.7. The summed E-state index contributed by atoms with van der Waals surface area (Å²) in [7, 11) is 0. The summed E-state index contributed by atoms with van der Waals surface area (Å²) < 4.78 is 47.5. The van der Waals surface area contributed by atoms with E-state index >= 15 is 0 Å². The Morgan fingerprint density at radius 3 is 1.44 bits per heavy atom. The second-order valence-electron chi connectivity index (χ2n) is 18.1. The molecule has 0 aliphatic carbocycles. The first-order valence-corrected chi connectivity index (χ1v) is 22.7. The van der Waals surface area contributed by atoms with Gasteiger partial charge in [0.25, 0.3) is 0 Å². The van der Waals surface area contributed by atoms with Crippen LogP contribution in [0.15, 0.2) is 60.7 Å². The number of hydrogen-bond donors (Lipinski definition) is 3. The van der Waals surface area contributed by atoms with Crippen LogP contribution in [0, 0.1) is 25.7 Å². The number of aryl methyl sites for hydroxylation is 2. The monoisotopic (exact) mass is 889 g/mol. The number of nitrogens with two attached hydrogens (primary N) is 1. The highest BCUT2D eigenvalue weighted by Gasteiger charge is 2.45. The number of esters is 2. The molecule has 13 nitrogen and oxygen atoms in total. The van der Waals surface area contributed by atoms with Crippen LogP contribution in [-0.4, -0.2) is 102 Å². The lowest BCUT2D eigenvalue weighted by molar-refractivity contribution is -0.152. The summed E-state index contributed by atoms with van der Waals surface area (Å²) in [6, 6.07) is 7.47. The van der Waals surface area contributed by atoms with Crippen LogP contribution >= 0.6 is 0 Å². The number of cyclic esters (lactones) is 2. The molecule has 352 valence electrons. The molecular formula is C51H71NO12. The number of rotatable bonds is 6. The van der Waals surface area contributed by atoms with Gasteiger partial charge in [0.2, 0.25) is 0 Å². The summed E-state index contributed by atoms with van der Waals surface area (Å²) >= 11 is 0. The van der Waals surface area contributed by atoms with Crippen molar-refractivity contribution in [2.45, 2.75) is 156 Å². The van der Waals surface area contributed by atoms with Crippen molar-refractivity contribution in [3.63, 3.8) is 0 Å². The third-order valence-corrected chi connectivity index (χ3v) is 11.8. The highest BCUT2D eigenvalue weighted by molar-refractivity contribution is 5.97. The molecule has 4 aliphatic heterocycles. The van der Waals surface area contributed by atoms with E-state index in [1.807, 2.05) is 137 Å². The summed E-state index contributed by atoms with van der Waals surface area (Å²) in [6.45, 7) is 22.0. The van der Waals surface area contributed by atoms with Crippen molar-refractivity contribution in [3.8, 4) is 11.5 Å². The second kappa shape index (κ2) is 22.2. The Morgan fingerprint density at radius 2 is 1.05 bits per heavy atom. The van der Waals surface area contributed by atoms with Crippen molar-refractivity contribution in [2.24, 2.45) is 17.6 Å². The minimum absolute atomic E-state index is 0.0934. The molecule has 4 heterocycles. The highest BCUT2D eigenvalue weighted by atomic mass is 16.8. The average Bonchev–Trinajstić information content (AvgIpc) is 3.73. The molecule has 2 saturated heterocycles. The topological polar surface area (TPSA) is 174 Å². The molecular weight excluding hydrogens is 819 g/mol. The zero-order valence-electron chi connectivity index (χ0n) is 39.5. The van der Waals surface area contributed by atoms with Gasteiger partial charge >= 0.3 is 11.9 Å². The first-order chi connectivity index (χ1) is 30.3. The minimum atomic E-state index is -0.846. The third-order valence-electron chi connectivity index (χ3n) is 11.8. The molecule has 6 rings (SSSR count). The fourth-order valence-electron chi connectivity index (χ4n) is 8.01. The first kappa shape index (κ1) is 50.7. The Kier molecular flexibility index (Phi) is 17.6. The predicted octanol–water partition coefficient (Wildman–Crippen LogP) is 8.19. The molecule has 0 spiro atoms. The molecule has 4 N–H and O–H groups in total. The van der Waals surface area contributed by atoms with E-state index in [0.717, 1.165) is 17.5 Å². The summed E-state index contributed by atoms with van der Waals surface area (Å²) in [5.41, 5.74) is 9.57. The van der Waals surface area contributed by atoms with E-state index in [9.17, 15) is 19.8 Å². The van der Waals surface area contributed by atoms with Gasteiger partial charge in [-0.05, 0) is 97.9 Å². The normalized spacial score (nSPS) is 31.7. The van der Waals surface area contributed by atoms with E-state index in [1.54, 1.807) is 12.2 Å². The van der Waals surface area contributed by atoms with Crippen LogP contribution in [0.3, 0.4) is 0 Å². The molecule has 4 aliphatic rings. The summed E-state index contributed by atoms with van der Waals surface area (Å²) in [5.74, 6) is -1.36. The number of carbonyl (C=O) groups excluding carboxylic acids is 2. The standard InChI is InChI=1S/C26H36O6.C25H35NO6/c1-7-15-29-21-14-12-17(3)23-19(21)9-8-10-22-24(32-26(5,6)31-22)20(27)13-11-16(2)18(4)30-25(23)28;1-15-9-11-19(27)23-21(31-25(4,5)32-23)8-6-7-18-20(29-14-13-26)12-10-16(2)22(18)24(28)30-17(15)3/h8-9,11-14,16,18,20,22,24,27H,7,10,15H2,1-6H3;6-7,9-12,15,17,19,21,23,27H,8,13-14,26H2,1-5H3/b9-8+,13-11-;7-6?,11-9-/t16-,18+,20?,22+,24-;15-,17+,19?,21+,23-/m11/s1. The SMILES string of the molecule is CCCOc1ccc(C)c2c1/C=C/C[C@@H]1OC(C)(C)O[C@@H]1C(O)/C=C\[C@@H](C)[C@H](C)OC2=O.Cc1ccc(OCCN)c2c1C(=O)O[C@@H](C)[C@H](C)/C=C\C(O)[C@H]1OC(C)(C)O[C@H]1CC=C2. The molecule has 2 fully saturated rings. The highest BCUT2D eigenvalue weighted by Crippen LogP contribution is 2.36. The Bertz CT molecular complexity index is 1890. The van der Waals surface area contributed by atoms with Crippen molar-refractivity contribution in [3.05, 3.63) is 94.1 Å². The van der Waals surface area contributed by atoms with Gasteiger partial charge in [-0.15, -0.1) is 0 Å². The van der Waals surface area contributed by atoms with Gasteiger partial charge in [-0.2, -0.15) is 0 Å². The van der Waals surface area contributed by atoms with E-state index in [2.05, 4.69) is 0 Å². The predicted molar refractivity (Wildman–Crippen MR) is 246 cm³/mol. The van der Waals surface area contributed by atoms with Crippen LogP contribution in [0.5, 0.6) is 11.5 Å². The Labute approximate surface area is 379 Å². The molecule has 0 radical (unpaired) electrons. The van der Waals surface area contributed by atoms with Gasteiger partial charge < -0.3 is 53.8 Å². The number of aliphatic hydroxyl groups excluding tert-OH is 2. The van der Waals surface area contributed by atoms with Crippen LogP contribution in [0.1, 0.15) is 125 Å². The Hall–Kier alpha value is -4.34. The van der Waals surface area contributed by atoms with E-state index < -0.39 is 48.1 Å². The third kappa shape index (κ3) is 12.9. The molecule has 2 unspecified atom stereocenters. The zero-order valence-corrected chi connectivity index (χ0v) is 39.5. The average molecular weight is 890 g/mol. The maximum Gasteiger partial charge on any atom is 0.339 e. The quantitative estimate of drug-likeness (QED) is 0.187. The minimum Gasteiger partial charge on any atom is -0.493 e. The summed E-state index contributed by atoms with van der Waals surface area (Å²) in [4.78, 5) is 26.3. The van der Waals surface area contributed by atoms with E-state index in [1.165, 1.54) is 0 Å². The van der Waals surface area contributed by atoms with Crippen LogP contribution in [0.25, 0.3) is 12.2 Å². The lowest BCUT2D eigenvalue weighted by atomic mass is 9.97. The fraction of sp³-hybridized carbons (Fsp3) is 0.569. The van der Waals surface area contributed by atoms with E-state index in [4.69, 9.17) is 43.6 Å². The number of aliphatic hydroxyl groups is 2. The molecule has 0 aromatic heterocycles. The molecule has 64 heavy (non-hydrogen) atoms. The molecule has 0 saturated carbocycles. The summed E-state index contributed by atoms with van der Waals surface area (Å²) in [5, 5.41) is 21.5. The van der Waals surface area contributed by atoms with Crippen molar-refractivity contribution < 1.29 is 57.7 Å². The van der Waals surface area contributed by atoms with E-state index in [0.29, 0.717) is 66.4 Å². The van der Waals surface area contributed by atoms with Gasteiger partial charge in [0, 0.05) is 29.5 Å². The largest absolute Gasteiger partial charge is 0.493 e. The number of benzene rings is 2. The van der Waals surface area contributed by atoms with Crippen LogP contribution in [-0.2, 0) is 28.4 Å². The molecule has 0 bridgehead atoms. The number of carbonyl (C=O) groups is 2. The van der Waals surface area contributed by atoms with Gasteiger partial charge in [0.15, 0.2) is 11.6 Å². The van der Waals surface area contributed by atoms with Crippen LogP contribution in [0.4, 0.5) is 0 Å². The smallest absolute Gasteiger partial charge is 0.339 e. The van der Waals surface area contributed by atoms with Crippen molar-refractivity contribution >= 4 is 24.1 Å². The van der Waals surface area contributed by atoms with Gasteiger partial charge in [0.05, 0.1) is 29.9 Å². The van der Waals surface area contributed by atoms with Crippen LogP contribution in [0.2, 0.25) is 0 Å². The molecule has 2 aromatic rings. The van der Waals surface area contributed by atoms with Crippen molar-refractivity contribution in [2.75, 3.05) is 19.8 Å². The maximum atomic E-state index is 13.2. The fourth-order valence-corrected chi connectivity index (χ4v) is 8.01.